The van der Waals surface area contributed by atoms with Crippen molar-refractivity contribution in [3.05, 3.63) is 58.1 Å². The molecule has 0 saturated carbocycles. The van der Waals surface area contributed by atoms with Crippen LogP contribution >= 0.6 is 15.9 Å². The fourth-order valence-electron chi connectivity index (χ4n) is 2.76. The van der Waals surface area contributed by atoms with Crippen LogP contribution in [0.2, 0.25) is 0 Å². The number of benzene rings is 2. The van der Waals surface area contributed by atoms with E-state index in [-0.39, 0.29) is 18.2 Å². The van der Waals surface area contributed by atoms with E-state index in [1.54, 1.807) is 29.2 Å². The van der Waals surface area contributed by atoms with Crippen LogP contribution in [-0.2, 0) is 9.59 Å². The lowest BCUT2D eigenvalue weighted by molar-refractivity contribution is -0.122. The number of nitriles is 1. The SMILES string of the molecule is Cc1ccc(NC(=O)C2CC(=O)N(c3ccc(C#N)cc3)C2)cc1Br. The van der Waals surface area contributed by atoms with Crippen molar-refractivity contribution in [1.29, 1.82) is 5.26 Å². The molecule has 3 rings (SSSR count). The van der Waals surface area contributed by atoms with E-state index in [9.17, 15) is 9.59 Å². The molecule has 0 bridgehead atoms. The Labute approximate surface area is 154 Å². The van der Waals surface area contributed by atoms with Gasteiger partial charge < -0.3 is 10.2 Å². The quantitative estimate of drug-likeness (QED) is 0.859. The summed E-state index contributed by atoms with van der Waals surface area (Å²) >= 11 is 3.44. The molecule has 1 aliphatic heterocycles. The number of carbonyl (C=O) groups excluding carboxylic acids is 2. The van der Waals surface area contributed by atoms with E-state index in [4.69, 9.17) is 5.26 Å². The predicted molar refractivity (Wildman–Crippen MR) is 99.1 cm³/mol. The second kappa shape index (κ2) is 7.08. The lowest BCUT2D eigenvalue weighted by atomic mass is 10.1. The number of nitrogens with one attached hydrogen (secondary N) is 1. The highest BCUT2D eigenvalue weighted by molar-refractivity contribution is 9.10. The lowest BCUT2D eigenvalue weighted by Crippen LogP contribution is -2.28. The van der Waals surface area contributed by atoms with E-state index in [0.29, 0.717) is 23.5 Å². The van der Waals surface area contributed by atoms with Crippen LogP contribution in [0.3, 0.4) is 0 Å². The topological polar surface area (TPSA) is 73.2 Å². The standard InChI is InChI=1S/C19H16BrN3O2/c1-12-2-5-15(9-17(12)20)22-19(25)14-8-18(24)23(11-14)16-6-3-13(10-21)4-7-16/h2-7,9,14H,8,11H2,1H3,(H,22,25). The van der Waals surface area contributed by atoms with Gasteiger partial charge in [0.05, 0.1) is 17.6 Å². The van der Waals surface area contributed by atoms with Gasteiger partial charge in [0.15, 0.2) is 0 Å². The maximum Gasteiger partial charge on any atom is 0.229 e. The Kier molecular flexibility index (Phi) is 4.86. The number of anilines is 2. The van der Waals surface area contributed by atoms with Crippen LogP contribution in [0.25, 0.3) is 0 Å². The van der Waals surface area contributed by atoms with Crippen molar-refractivity contribution in [2.24, 2.45) is 5.92 Å². The predicted octanol–water partition coefficient (Wildman–Crippen LogP) is 3.62. The zero-order valence-corrected chi connectivity index (χ0v) is 15.2. The average molecular weight is 398 g/mol. The summed E-state index contributed by atoms with van der Waals surface area (Å²) < 4.78 is 0.923. The summed E-state index contributed by atoms with van der Waals surface area (Å²) in [6.07, 6.45) is 0.179. The molecule has 1 atom stereocenters. The fraction of sp³-hybridized carbons (Fsp3) is 0.211. The van der Waals surface area contributed by atoms with E-state index in [1.807, 2.05) is 31.2 Å². The van der Waals surface area contributed by atoms with Crippen LogP contribution in [0.5, 0.6) is 0 Å². The van der Waals surface area contributed by atoms with Crippen molar-refractivity contribution in [1.82, 2.24) is 0 Å². The van der Waals surface area contributed by atoms with Crippen LogP contribution in [0.4, 0.5) is 11.4 Å². The van der Waals surface area contributed by atoms with Crippen LogP contribution in [-0.4, -0.2) is 18.4 Å². The third-order valence-corrected chi connectivity index (χ3v) is 5.10. The van der Waals surface area contributed by atoms with Gasteiger partial charge >= 0.3 is 0 Å². The molecule has 0 aromatic heterocycles. The van der Waals surface area contributed by atoms with Gasteiger partial charge in [0.1, 0.15) is 0 Å². The van der Waals surface area contributed by atoms with E-state index in [2.05, 4.69) is 21.2 Å². The zero-order valence-electron chi connectivity index (χ0n) is 13.6. The summed E-state index contributed by atoms with van der Waals surface area (Å²) in [5.74, 6) is -0.654. The zero-order chi connectivity index (χ0) is 18.0. The van der Waals surface area contributed by atoms with Crippen LogP contribution in [0, 0.1) is 24.2 Å². The summed E-state index contributed by atoms with van der Waals surface area (Å²) in [5, 5.41) is 11.7. The van der Waals surface area contributed by atoms with Gasteiger partial charge in [-0.15, -0.1) is 0 Å². The van der Waals surface area contributed by atoms with Gasteiger partial charge in [-0.25, -0.2) is 0 Å². The van der Waals surface area contributed by atoms with Crippen molar-refractivity contribution < 1.29 is 9.59 Å². The molecule has 6 heteroatoms. The molecule has 2 aromatic carbocycles. The molecule has 1 saturated heterocycles. The van der Waals surface area contributed by atoms with E-state index >= 15 is 0 Å². The first-order valence-electron chi connectivity index (χ1n) is 7.85. The Morgan fingerprint density at radius 1 is 1.28 bits per heavy atom. The summed E-state index contributed by atoms with van der Waals surface area (Å²) in [6, 6.07) is 14.4. The molecule has 0 radical (unpaired) electrons. The van der Waals surface area contributed by atoms with Crippen LogP contribution in [0.1, 0.15) is 17.5 Å². The number of hydrogen-bond acceptors (Lipinski definition) is 3. The number of hydrogen-bond donors (Lipinski definition) is 1. The number of rotatable bonds is 3. The molecule has 1 N–H and O–H groups in total. The summed E-state index contributed by atoms with van der Waals surface area (Å²) in [5.41, 5.74) is 3.03. The number of amides is 2. The number of carbonyl (C=O) groups is 2. The number of nitrogens with zero attached hydrogens (tertiary/aromatic N) is 2. The van der Waals surface area contributed by atoms with Crippen LogP contribution in [0.15, 0.2) is 46.9 Å². The van der Waals surface area contributed by atoms with Gasteiger partial charge in [0, 0.05) is 28.8 Å². The molecule has 5 nitrogen and oxygen atoms in total. The Hall–Kier alpha value is -2.65. The Bertz CT molecular complexity index is 871. The number of halogens is 1. The van der Waals surface area contributed by atoms with Gasteiger partial charge in [0.2, 0.25) is 11.8 Å². The molecule has 1 heterocycles. The van der Waals surface area contributed by atoms with E-state index in [1.165, 1.54) is 0 Å². The molecule has 2 aromatic rings. The van der Waals surface area contributed by atoms with Crippen molar-refractivity contribution in [3.63, 3.8) is 0 Å². The normalized spacial score (nSPS) is 16.6. The summed E-state index contributed by atoms with van der Waals surface area (Å²) in [7, 11) is 0. The summed E-state index contributed by atoms with van der Waals surface area (Å²) in [6.45, 7) is 2.31. The molecule has 126 valence electrons. The van der Waals surface area contributed by atoms with Gasteiger partial charge in [-0.3, -0.25) is 9.59 Å². The fourth-order valence-corrected chi connectivity index (χ4v) is 3.14. The molecular weight excluding hydrogens is 382 g/mol. The van der Waals surface area contributed by atoms with Gasteiger partial charge in [-0.2, -0.15) is 5.26 Å². The Morgan fingerprint density at radius 2 is 2.00 bits per heavy atom. The minimum Gasteiger partial charge on any atom is -0.326 e. The molecular formula is C19H16BrN3O2. The largest absolute Gasteiger partial charge is 0.326 e. The average Bonchev–Trinajstić information content (AvgIpc) is 3.00. The van der Waals surface area contributed by atoms with Crippen molar-refractivity contribution >= 4 is 39.1 Å². The highest BCUT2D eigenvalue weighted by atomic mass is 79.9. The van der Waals surface area contributed by atoms with Gasteiger partial charge in [-0.05, 0) is 48.9 Å². The van der Waals surface area contributed by atoms with E-state index < -0.39 is 5.92 Å². The lowest BCUT2D eigenvalue weighted by Gasteiger charge is -2.17. The maximum atomic E-state index is 12.5. The first-order valence-corrected chi connectivity index (χ1v) is 8.65. The van der Waals surface area contributed by atoms with Crippen molar-refractivity contribution in [2.45, 2.75) is 13.3 Å². The molecule has 0 spiro atoms. The second-order valence-corrected chi connectivity index (χ2v) is 6.87. The maximum absolute atomic E-state index is 12.5. The van der Waals surface area contributed by atoms with Gasteiger partial charge in [-0.1, -0.05) is 22.0 Å². The first kappa shape index (κ1) is 17.2. The van der Waals surface area contributed by atoms with Crippen molar-refractivity contribution in [3.8, 4) is 6.07 Å². The third-order valence-electron chi connectivity index (χ3n) is 4.24. The molecule has 1 aliphatic rings. The van der Waals surface area contributed by atoms with Crippen LogP contribution < -0.4 is 10.2 Å². The van der Waals surface area contributed by atoms with E-state index in [0.717, 1.165) is 10.0 Å². The number of aryl methyl sites for hydroxylation is 1. The Balaban J connectivity index is 1.69. The minimum absolute atomic E-state index is 0.0880. The van der Waals surface area contributed by atoms with Gasteiger partial charge in [0.25, 0.3) is 0 Å². The highest BCUT2D eigenvalue weighted by Crippen LogP contribution is 2.27. The third kappa shape index (κ3) is 3.72. The molecule has 0 aliphatic carbocycles. The first-order chi connectivity index (χ1) is 12.0. The molecule has 1 fully saturated rings. The smallest absolute Gasteiger partial charge is 0.229 e. The monoisotopic (exact) mass is 397 g/mol. The molecule has 1 unspecified atom stereocenters. The Morgan fingerprint density at radius 3 is 2.64 bits per heavy atom. The summed E-state index contributed by atoms with van der Waals surface area (Å²) in [4.78, 5) is 26.3. The molecule has 25 heavy (non-hydrogen) atoms. The molecule has 2 amide bonds. The van der Waals surface area contributed by atoms with Crippen molar-refractivity contribution in [2.75, 3.05) is 16.8 Å². The minimum atomic E-state index is -0.400. The highest BCUT2D eigenvalue weighted by Gasteiger charge is 2.35. The second-order valence-electron chi connectivity index (χ2n) is 6.02.